The van der Waals surface area contributed by atoms with E-state index < -0.39 is 27.8 Å². The fraction of sp³-hybridized carbons (Fsp3) is 0.278. The third-order valence-corrected chi connectivity index (χ3v) is 5.15. The second kappa shape index (κ2) is 7.76. The van der Waals surface area contributed by atoms with Gasteiger partial charge in [-0.15, -0.1) is 0 Å². The van der Waals surface area contributed by atoms with Gasteiger partial charge in [-0.1, -0.05) is 43.7 Å². The number of halogens is 1. The van der Waals surface area contributed by atoms with Crippen LogP contribution in [0, 0.1) is 18.7 Å². The van der Waals surface area contributed by atoms with Gasteiger partial charge < -0.3 is 5.32 Å². The van der Waals surface area contributed by atoms with E-state index in [2.05, 4.69) is 10.0 Å². The molecule has 0 aliphatic rings. The Kier molecular flexibility index (Phi) is 5.92. The number of nitrogens with one attached hydrogen (secondary N) is 2. The number of amides is 1. The second-order valence-corrected chi connectivity index (χ2v) is 7.84. The first-order valence-corrected chi connectivity index (χ1v) is 9.33. The van der Waals surface area contributed by atoms with Crippen molar-refractivity contribution in [2.45, 2.75) is 31.7 Å². The minimum absolute atomic E-state index is 0.00711. The van der Waals surface area contributed by atoms with Crippen LogP contribution in [0.1, 0.15) is 19.4 Å². The number of anilines is 1. The number of hydrogen-bond donors (Lipinski definition) is 2. The normalized spacial score (nSPS) is 12.8. The van der Waals surface area contributed by atoms with Gasteiger partial charge in [0.05, 0.1) is 10.6 Å². The maximum atomic E-state index is 13.7. The average Bonchev–Trinajstić information content (AvgIpc) is 2.55. The zero-order valence-electron chi connectivity index (χ0n) is 14.3. The molecule has 1 amide bonds. The number of sulfonamides is 1. The number of aryl methyl sites for hydroxylation is 1. The molecule has 1 atom stereocenters. The zero-order valence-corrected chi connectivity index (χ0v) is 15.1. The quantitative estimate of drug-likeness (QED) is 0.827. The van der Waals surface area contributed by atoms with Gasteiger partial charge in [0, 0.05) is 0 Å². The summed E-state index contributed by atoms with van der Waals surface area (Å²) in [5.41, 5.74) is 0.935. The molecule has 0 aliphatic heterocycles. The van der Waals surface area contributed by atoms with E-state index in [-0.39, 0.29) is 16.5 Å². The third kappa shape index (κ3) is 4.87. The summed E-state index contributed by atoms with van der Waals surface area (Å²) in [6.07, 6.45) is 0. The van der Waals surface area contributed by atoms with Crippen molar-refractivity contribution in [3.05, 3.63) is 59.9 Å². The molecule has 0 bridgehead atoms. The highest BCUT2D eigenvalue weighted by Gasteiger charge is 2.28. The smallest absolute Gasteiger partial charge is 0.242 e. The molecule has 0 saturated heterocycles. The van der Waals surface area contributed by atoms with Crippen LogP contribution < -0.4 is 10.0 Å². The Morgan fingerprint density at radius 3 is 2.20 bits per heavy atom. The van der Waals surface area contributed by atoms with Crippen molar-refractivity contribution in [1.82, 2.24) is 4.72 Å². The topological polar surface area (TPSA) is 75.3 Å². The van der Waals surface area contributed by atoms with Crippen LogP contribution in [-0.4, -0.2) is 20.4 Å². The molecule has 0 fully saturated rings. The molecule has 2 aromatic rings. The molecule has 134 valence electrons. The maximum absolute atomic E-state index is 13.7. The highest BCUT2D eigenvalue weighted by Crippen LogP contribution is 2.16. The van der Waals surface area contributed by atoms with Crippen molar-refractivity contribution in [3.63, 3.8) is 0 Å². The number of rotatable bonds is 6. The first kappa shape index (κ1) is 19.1. The minimum atomic E-state index is -3.87. The third-order valence-electron chi connectivity index (χ3n) is 3.69. The fourth-order valence-corrected chi connectivity index (χ4v) is 3.56. The molecule has 0 aliphatic carbocycles. The lowest BCUT2D eigenvalue weighted by Crippen LogP contribution is -2.47. The summed E-state index contributed by atoms with van der Waals surface area (Å²) in [7, 11) is -3.87. The van der Waals surface area contributed by atoms with Crippen LogP contribution in [-0.2, 0) is 14.8 Å². The Morgan fingerprint density at radius 1 is 1.04 bits per heavy atom. The lowest BCUT2D eigenvalue weighted by Gasteiger charge is -2.22. The first-order chi connectivity index (χ1) is 11.7. The molecule has 2 aromatic carbocycles. The van der Waals surface area contributed by atoms with E-state index in [0.717, 1.165) is 5.56 Å². The van der Waals surface area contributed by atoms with Crippen LogP contribution in [0.3, 0.4) is 0 Å². The van der Waals surface area contributed by atoms with Crippen LogP contribution in [0.15, 0.2) is 53.4 Å². The summed E-state index contributed by atoms with van der Waals surface area (Å²) in [5, 5.41) is 2.43. The Labute approximate surface area is 147 Å². The average molecular weight is 364 g/mol. The van der Waals surface area contributed by atoms with E-state index in [0.29, 0.717) is 0 Å². The Bertz CT molecular complexity index is 849. The summed E-state index contributed by atoms with van der Waals surface area (Å²) >= 11 is 0. The van der Waals surface area contributed by atoms with Crippen LogP contribution in [0.5, 0.6) is 0 Å². The monoisotopic (exact) mass is 364 g/mol. The van der Waals surface area contributed by atoms with Gasteiger partial charge in [0.25, 0.3) is 0 Å². The molecule has 2 N–H and O–H groups in total. The summed E-state index contributed by atoms with van der Waals surface area (Å²) < 4.78 is 41.1. The van der Waals surface area contributed by atoms with Gasteiger partial charge in [-0.3, -0.25) is 4.79 Å². The van der Waals surface area contributed by atoms with Crippen molar-refractivity contribution >= 4 is 21.6 Å². The Morgan fingerprint density at radius 2 is 1.64 bits per heavy atom. The van der Waals surface area contributed by atoms with E-state index in [1.54, 1.807) is 32.0 Å². The summed E-state index contributed by atoms with van der Waals surface area (Å²) in [6.45, 7) is 5.27. The van der Waals surface area contributed by atoms with E-state index in [9.17, 15) is 17.6 Å². The van der Waals surface area contributed by atoms with Gasteiger partial charge in [0.15, 0.2) is 0 Å². The molecule has 1 unspecified atom stereocenters. The summed E-state index contributed by atoms with van der Waals surface area (Å²) in [5.74, 6) is -1.53. The van der Waals surface area contributed by atoms with Crippen molar-refractivity contribution < 1.29 is 17.6 Å². The highest BCUT2D eigenvalue weighted by molar-refractivity contribution is 7.89. The standard InChI is InChI=1S/C18H21FN2O3S/c1-12(2)17(18(22)20-16-7-5-4-6-15(16)19)21-25(23,24)14-10-8-13(3)9-11-14/h4-12,17,21H,1-3H3,(H,20,22). The Balaban J connectivity index is 2.21. The van der Waals surface area contributed by atoms with Gasteiger partial charge >= 0.3 is 0 Å². The van der Waals surface area contributed by atoms with E-state index >= 15 is 0 Å². The molecule has 0 spiro atoms. The van der Waals surface area contributed by atoms with Gasteiger partial charge in [-0.2, -0.15) is 4.72 Å². The predicted molar refractivity (Wildman–Crippen MR) is 95.2 cm³/mol. The first-order valence-electron chi connectivity index (χ1n) is 7.85. The van der Waals surface area contributed by atoms with Gasteiger partial charge in [0.2, 0.25) is 15.9 Å². The molecule has 2 rings (SSSR count). The molecular formula is C18H21FN2O3S. The second-order valence-electron chi connectivity index (χ2n) is 6.13. The zero-order chi connectivity index (χ0) is 18.6. The molecule has 0 radical (unpaired) electrons. The van der Waals surface area contributed by atoms with Crippen LogP contribution in [0.25, 0.3) is 0 Å². The van der Waals surface area contributed by atoms with Gasteiger partial charge in [-0.05, 0) is 37.1 Å². The maximum Gasteiger partial charge on any atom is 0.242 e. The number of benzene rings is 2. The number of hydrogen-bond acceptors (Lipinski definition) is 3. The Hall–Kier alpha value is -2.25. The number of para-hydroxylation sites is 1. The van der Waals surface area contributed by atoms with Gasteiger partial charge in [-0.25, -0.2) is 12.8 Å². The largest absolute Gasteiger partial charge is 0.322 e. The molecule has 0 aromatic heterocycles. The number of carbonyl (C=O) groups excluding carboxylic acids is 1. The fourth-order valence-electron chi connectivity index (χ4n) is 2.22. The van der Waals surface area contributed by atoms with Crippen molar-refractivity contribution in [2.24, 2.45) is 5.92 Å². The van der Waals surface area contributed by atoms with Crippen LogP contribution in [0.2, 0.25) is 0 Å². The minimum Gasteiger partial charge on any atom is -0.322 e. The van der Waals surface area contributed by atoms with Crippen LogP contribution >= 0.6 is 0 Å². The molecule has 25 heavy (non-hydrogen) atoms. The molecule has 0 heterocycles. The molecule has 5 nitrogen and oxygen atoms in total. The van der Waals surface area contributed by atoms with Crippen molar-refractivity contribution in [3.8, 4) is 0 Å². The predicted octanol–water partition coefficient (Wildman–Crippen LogP) is 3.08. The van der Waals surface area contributed by atoms with Gasteiger partial charge in [0.1, 0.15) is 11.9 Å². The van der Waals surface area contributed by atoms with Crippen molar-refractivity contribution in [1.29, 1.82) is 0 Å². The lowest BCUT2D eigenvalue weighted by atomic mass is 10.0. The number of carbonyl (C=O) groups is 1. The van der Waals surface area contributed by atoms with E-state index in [1.807, 2.05) is 6.92 Å². The molecule has 7 heteroatoms. The van der Waals surface area contributed by atoms with Crippen molar-refractivity contribution in [2.75, 3.05) is 5.32 Å². The summed E-state index contributed by atoms with van der Waals surface area (Å²) in [6, 6.07) is 11.0. The van der Waals surface area contributed by atoms with E-state index in [4.69, 9.17) is 0 Å². The SMILES string of the molecule is Cc1ccc(S(=O)(=O)NC(C(=O)Nc2ccccc2F)C(C)C)cc1. The molecule has 0 saturated carbocycles. The lowest BCUT2D eigenvalue weighted by molar-refractivity contribution is -0.118. The summed E-state index contributed by atoms with van der Waals surface area (Å²) in [4.78, 5) is 12.5. The van der Waals surface area contributed by atoms with Crippen LogP contribution in [0.4, 0.5) is 10.1 Å². The highest BCUT2D eigenvalue weighted by atomic mass is 32.2. The van der Waals surface area contributed by atoms with E-state index in [1.165, 1.54) is 30.3 Å². The molecular weight excluding hydrogens is 343 g/mol.